The largest absolute Gasteiger partial charge is 0.369 e. The molecule has 1 rings (SSSR count). The van der Waals surface area contributed by atoms with Gasteiger partial charge in [-0.25, -0.2) is 4.39 Å². The van der Waals surface area contributed by atoms with Crippen molar-refractivity contribution in [3.05, 3.63) is 29.6 Å². The predicted molar refractivity (Wildman–Crippen MR) is 72.1 cm³/mol. The van der Waals surface area contributed by atoms with Crippen LogP contribution in [0.3, 0.4) is 0 Å². The molecule has 19 heavy (non-hydrogen) atoms. The highest BCUT2D eigenvalue weighted by Gasteiger charge is 2.14. The van der Waals surface area contributed by atoms with Gasteiger partial charge in [0.2, 0.25) is 5.91 Å². The molecule has 0 fully saturated rings. The number of rotatable bonds is 5. The van der Waals surface area contributed by atoms with E-state index in [4.69, 9.17) is 5.26 Å². The summed E-state index contributed by atoms with van der Waals surface area (Å²) in [4.78, 5) is 11.6. The van der Waals surface area contributed by atoms with Crippen LogP contribution in [0.4, 0.5) is 10.1 Å². The van der Waals surface area contributed by atoms with Gasteiger partial charge in [-0.05, 0) is 44.5 Å². The number of nitrogens with one attached hydrogen (secondary N) is 2. The number of amides is 1. The van der Waals surface area contributed by atoms with Gasteiger partial charge in [-0.3, -0.25) is 4.79 Å². The van der Waals surface area contributed by atoms with Crippen LogP contribution in [0.5, 0.6) is 0 Å². The zero-order chi connectivity index (χ0) is 14.4. The Balaban J connectivity index is 2.67. The fourth-order valence-corrected chi connectivity index (χ4v) is 1.72. The molecule has 0 aliphatic heterocycles. The Morgan fingerprint density at radius 1 is 1.42 bits per heavy atom. The van der Waals surface area contributed by atoms with Crippen molar-refractivity contribution >= 4 is 11.6 Å². The first kappa shape index (κ1) is 15.0. The summed E-state index contributed by atoms with van der Waals surface area (Å²) in [5, 5.41) is 14.6. The van der Waals surface area contributed by atoms with Crippen LogP contribution in [0, 0.1) is 24.1 Å². The molecule has 0 spiro atoms. The molecule has 0 saturated carbocycles. The van der Waals surface area contributed by atoms with Crippen LogP contribution >= 0.6 is 0 Å². The highest BCUT2D eigenvalue weighted by atomic mass is 19.1. The van der Waals surface area contributed by atoms with E-state index in [0.717, 1.165) is 5.56 Å². The minimum Gasteiger partial charge on any atom is -0.369 e. The zero-order valence-corrected chi connectivity index (χ0v) is 11.3. The van der Waals surface area contributed by atoms with E-state index in [1.54, 1.807) is 13.0 Å². The number of aryl methyl sites for hydroxylation is 1. The summed E-state index contributed by atoms with van der Waals surface area (Å²) in [6, 6.07) is 5.78. The van der Waals surface area contributed by atoms with Gasteiger partial charge < -0.3 is 10.6 Å². The fourth-order valence-electron chi connectivity index (χ4n) is 1.72. The van der Waals surface area contributed by atoms with Gasteiger partial charge in [-0.1, -0.05) is 0 Å². The molecule has 1 atom stereocenters. The smallest absolute Gasteiger partial charge is 0.223 e. The van der Waals surface area contributed by atoms with Crippen molar-refractivity contribution in [2.24, 2.45) is 0 Å². The lowest BCUT2D eigenvalue weighted by Gasteiger charge is -2.14. The first-order chi connectivity index (χ1) is 8.90. The van der Waals surface area contributed by atoms with Gasteiger partial charge in [-0.15, -0.1) is 0 Å². The van der Waals surface area contributed by atoms with Crippen molar-refractivity contribution in [2.45, 2.75) is 39.3 Å². The third-order valence-corrected chi connectivity index (χ3v) is 2.38. The Kier molecular flexibility index (Phi) is 5.31. The number of hydrogen-bond donors (Lipinski definition) is 2. The van der Waals surface area contributed by atoms with Crippen LogP contribution in [0.25, 0.3) is 0 Å². The lowest BCUT2D eigenvalue weighted by atomic mass is 10.1. The van der Waals surface area contributed by atoms with Crippen LogP contribution in [0.1, 0.15) is 25.8 Å². The first-order valence-corrected chi connectivity index (χ1v) is 6.13. The molecule has 2 N–H and O–H groups in total. The maximum Gasteiger partial charge on any atom is 0.223 e. The van der Waals surface area contributed by atoms with Crippen LogP contribution in [-0.4, -0.2) is 18.0 Å². The van der Waals surface area contributed by atoms with Gasteiger partial charge in [0, 0.05) is 11.7 Å². The highest BCUT2D eigenvalue weighted by Crippen LogP contribution is 2.15. The summed E-state index contributed by atoms with van der Waals surface area (Å²) in [6.45, 7) is 5.46. The number of benzene rings is 1. The number of halogens is 1. The second-order valence-electron chi connectivity index (χ2n) is 4.77. The van der Waals surface area contributed by atoms with Gasteiger partial charge in [0.1, 0.15) is 11.9 Å². The molecule has 0 aliphatic carbocycles. The van der Waals surface area contributed by atoms with Crippen molar-refractivity contribution in [1.82, 2.24) is 5.32 Å². The summed E-state index contributed by atoms with van der Waals surface area (Å²) >= 11 is 0. The Hall–Kier alpha value is -2.09. The molecule has 5 heteroatoms. The standard InChI is InChI=1S/C14H18FN3O/c1-9(2)17-14(19)7-13(8-16)18-12-5-10(3)4-11(15)6-12/h4-6,9,13,18H,7H2,1-3H3,(H,17,19). The van der Waals surface area contributed by atoms with Crippen molar-refractivity contribution < 1.29 is 9.18 Å². The van der Waals surface area contributed by atoms with Crippen molar-refractivity contribution in [2.75, 3.05) is 5.32 Å². The van der Waals surface area contributed by atoms with Gasteiger partial charge in [-0.2, -0.15) is 5.26 Å². The SMILES string of the molecule is Cc1cc(F)cc(NC(C#N)CC(=O)NC(C)C)c1. The molecular weight excluding hydrogens is 245 g/mol. The van der Waals surface area contributed by atoms with E-state index < -0.39 is 6.04 Å². The minimum atomic E-state index is -0.681. The van der Waals surface area contributed by atoms with Crippen LogP contribution in [-0.2, 0) is 4.79 Å². The molecule has 1 aromatic carbocycles. The molecule has 0 saturated heterocycles. The summed E-state index contributed by atoms with van der Waals surface area (Å²) in [5.41, 5.74) is 1.26. The maximum atomic E-state index is 13.2. The molecule has 0 aromatic heterocycles. The quantitative estimate of drug-likeness (QED) is 0.857. The van der Waals surface area contributed by atoms with Gasteiger partial charge >= 0.3 is 0 Å². The molecule has 1 unspecified atom stereocenters. The van der Waals surface area contributed by atoms with E-state index in [0.29, 0.717) is 5.69 Å². The second kappa shape index (κ2) is 6.74. The average molecular weight is 263 g/mol. The molecule has 0 radical (unpaired) electrons. The van der Waals surface area contributed by atoms with E-state index in [1.165, 1.54) is 12.1 Å². The normalized spacial score (nSPS) is 11.8. The molecule has 1 amide bonds. The minimum absolute atomic E-state index is 0.0308. The van der Waals surface area contributed by atoms with Gasteiger partial charge in [0.05, 0.1) is 12.5 Å². The van der Waals surface area contributed by atoms with Crippen LogP contribution < -0.4 is 10.6 Å². The van der Waals surface area contributed by atoms with Crippen molar-refractivity contribution in [1.29, 1.82) is 5.26 Å². The highest BCUT2D eigenvalue weighted by molar-refractivity contribution is 5.77. The molecular formula is C14H18FN3O. The number of carbonyl (C=O) groups excluding carboxylic acids is 1. The third kappa shape index (κ3) is 5.38. The molecule has 0 bridgehead atoms. The summed E-state index contributed by atoms with van der Waals surface area (Å²) < 4.78 is 13.2. The van der Waals surface area contributed by atoms with E-state index in [2.05, 4.69) is 10.6 Å². The monoisotopic (exact) mass is 263 g/mol. The molecule has 0 heterocycles. The number of anilines is 1. The molecule has 1 aromatic rings. The molecule has 0 aliphatic rings. The first-order valence-electron chi connectivity index (χ1n) is 6.13. The maximum absolute atomic E-state index is 13.2. The Bertz CT molecular complexity index is 474. The summed E-state index contributed by atoms with van der Waals surface area (Å²) in [7, 11) is 0. The van der Waals surface area contributed by atoms with Gasteiger partial charge in [0.15, 0.2) is 0 Å². The van der Waals surface area contributed by atoms with E-state index in [1.807, 2.05) is 19.9 Å². The Morgan fingerprint density at radius 3 is 2.63 bits per heavy atom. The lowest BCUT2D eigenvalue weighted by molar-refractivity contribution is -0.121. The summed E-state index contributed by atoms with van der Waals surface area (Å²) in [5.74, 6) is -0.576. The number of nitrogens with zero attached hydrogens (tertiary/aromatic N) is 1. The predicted octanol–water partition coefficient (Wildman–Crippen LogP) is 2.35. The number of carbonyl (C=O) groups is 1. The zero-order valence-electron chi connectivity index (χ0n) is 11.3. The van der Waals surface area contributed by atoms with Crippen LogP contribution in [0.15, 0.2) is 18.2 Å². The Labute approximate surface area is 112 Å². The Morgan fingerprint density at radius 2 is 2.11 bits per heavy atom. The fraction of sp³-hybridized carbons (Fsp3) is 0.429. The van der Waals surface area contributed by atoms with Crippen molar-refractivity contribution in [3.8, 4) is 6.07 Å². The number of nitriles is 1. The number of hydrogen-bond acceptors (Lipinski definition) is 3. The average Bonchev–Trinajstić information content (AvgIpc) is 2.25. The summed E-state index contributed by atoms with van der Waals surface area (Å²) in [6.07, 6.45) is 0.0320. The van der Waals surface area contributed by atoms with Gasteiger partial charge in [0.25, 0.3) is 0 Å². The van der Waals surface area contributed by atoms with E-state index >= 15 is 0 Å². The topological polar surface area (TPSA) is 64.9 Å². The molecule has 4 nitrogen and oxygen atoms in total. The van der Waals surface area contributed by atoms with Crippen molar-refractivity contribution in [3.63, 3.8) is 0 Å². The third-order valence-electron chi connectivity index (χ3n) is 2.38. The molecule has 102 valence electrons. The van der Waals surface area contributed by atoms with E-state index in [-0.39, 0.29) is 24.2 Å². The second-order valence-corrected chi connectivity index (χ2v) is 4.77. The lowest BCUT2D eigenvalue weighted by Crippen LogP contribution is -2.34. The van der Waals surface area contributed by atoms with Crippen LogP contribution in [0.2, 0.25) is 0 Å². The van der Waals surface area contributed by atoms with E-state index in [9.17, 15) is 9.18 Å².